The van der Waals surface area contributed by atoms with Crippen LogP contribution in [-0.2, 0) is 14.3 Å². The summed E-state index contributed by atoms with van der Waals surface area (Å²) in [4.78, 5) is 0. The van der Waals surface area contributed by atoms with Gasteiger partial charge in [-0.05, 0) is 12.2 Å². The first-order valence-electron chi connectivity index (χ1n) is 2.51. The van der Waals surface area contributed by atoms with Gasteiger partial charge in [0.25, 0.3) is 10.1 Å². The highest BCUT2D eigenvalue weighted by atomic mass is 32.2. The molecule has 56 valence electrons. The molecule has 3 nitrogen and oxygen atoms in total. The van der Waals surface area contributed by atoms with Crippen LogP contribution in [0.15, 0.2) is 0 Å². The van der Waals surface area contributed by atoms with E-state index in [0.717, 1.165) is 7.11 Å². The third-order valence-electron chi connectivity index (χ3n) is 0.806. The van der Waals surface area contributed by atoms with E-state index in [1.54, 1.807) is 0 Å². The van der Waals surface area contributed by atoms with Gasteiger partial charge in [0, 0.05) is 0 Å². The van der Waals surface area contributed by atoms with Gasteiger partial charge in [0.2, 0.25) is 0 Å². The Morgan fingerprint density at radius 3 is 2.44 bits per heavy atom. The molecule has 0 rings (SSSR count). The van der Waals surface area contributed by atoms with Gasteiger partial charge in [0.05, 0.1) is 12.9 Å². The molecule has 0 saturated carbocycles. The van der Waals surface area contributed by atoms with Crippen molar-refractivity contribution in [2.24, 2.45) is 0 Å². The van der Waals surface area contributed by atoms with Crippen molar-refractivity contribution in [3.63, 3.8) is 0 Å². The van der Waals surface area contributed by atoms with Crippen LogP contribution in [0.3, 0.4) is 0 Å². The summed E-state index contributed by atoms with van der Waals surface area (Å²) in [5, 5.41) is 0. The molecule has 0 amide bonds. The van der Waals surface area contributed by atoms with E-state index in [2.05, 4.69) is 16.8 Å². The summed E-state index contributed by atoms with van der Waals surface area (Å²) in [5.74, 6) is 0.635. The number of rotatable bonds is 4. The maximum Gasteiger partial charge on any atom is 0.267 e. The highest BCUT2D eigenvalue weighted by Gasteiger charge is 2.05. The zero-order chi connectivity index (χ0) is 7.33. The van der Waals surface area contributed by atoms with Crippen LogP contribution in [0, 0.1) is 0 Å². The maximum absolute atomic E-state index is 10.5. The predicted octanol–water partition coefficient (Wildman–Crippen LogP) is 0.282. The Hall–Kier alpha value is 0.260. The Kier molecular flexibility index (Phi) is 4.26. The van der Waals surface area contributed by atoms with Gasteiger partial charge in [-0.2, -0.15) is 21.0 Å². The lowest BCUT2D eigenvalue weighted by atomic mass is 10.6. The molecule has 0 N–H and O–H groups in total. The normalized spacial score (nSPS) is 11.8. The van der Waals surface area contributed by atoms with Crippen LogP contribution in [0.25, 0.3) is 0 Å². The van der Waals surface area contributed by atoms with Crippen molar-refractivity contribution < 1.29 is 12.6 Å². The summed E-state index contributed by atoms with van der Waals surface area (Å²) < 4.78 is 25.2. The molecular weight excluding hydrogens is 160 g/mol. The molecule has 0 spiro atoms. The Labute approximate surface area is 60.9 Å². The lowest BCUT2D eigenvalue weighted by Crippen LogP contribution is -2.07. The van der Waals surface area contributed by atoms with Crippen molar-refractivity contribution in [1.29, 1.82) is 0 Å². The second-order valence-electron chi connectivity index (χ2n) is 1.51. The van der Waals surface area contributed by atoms with Crippen LogP contribution in [0.1, 0.15) is 6.42 Å². The molecule has 0 aliphatic rings. The topological polar surface area (TPSA) is 43.4 Å². The van der Waals surface area contributed by atoms with Crippen LogP contribution < -0.4 is 0 Å². The first-order valence-corrected chi connectivity index (χ1v) is 4.72. The van der Waals surface area contributed by atoms with Gasteiger partial charge < -0.3 is 0 Å². The van der Waals surface area contributed by atoms with E-state index < -0.39 is 10.1 Å². The fourth-order valence-corrected chi connectivity index (χ4v) is 1.36. The van der Waals surface area contributed by atoms with Gasteiger partial charge in [-0.1, -0.05) is 0 Å². The molecule has 0 aromatic carbocycles. The summed E-state index contributed by atoms with van der Waals surface area (Å²) in [6.45, 7) is 0. The van der Waals surface area contributed by atoms with E-state index in [9.17, 15) is 8.42 Å². The molecule has 5 heteroatoms. The fraction of sp³-hybridized carbons (Fsp3) is 1.00. The van der Waals surface area contributed by atoms with E-state index in [0.29, 0.717) is 12.2 Å². The summed E-state index contributed by atoms with van der Waals surface area (Å²) in [6.07, 6.45) is 0.541. The summed E-state index contributed by atoms with van der Waals surface area (Å²) in [5.41, 5.74) is 0. The third-order valence-corrected chi connectivity index (χ3v) is 2.42. The second kappa shape index (κ2) is 4.14. The minimum absolute atomic E-state index is 0.0625. The molecular formula is C4H10O3S2. The van der Waals surface area contributed by atoms with Gasteiger partial charge >= 0.3 is 0 Å². The van der Waals surface area contributed by atoms with Crippen molar-refractivity contribution in [1.82, 2.24) is 0 Å². The Morgan fingerprint density at radius 2 is 2.11 bits per heavy atom. The van der Waals surface area contributed by atoms with Gasteiger partial charge in [-0.25, -0.2) is 0 Å². The van der Waals surface area contributed by atoms with Gasteiger partial charge in [-0.3, -0.25) is 4.18 Å². The van der Waals surface area contributed by atoms with Crippen LogP contribution in [0.4, 0.5) is 0 Å². The van der Waals surface area contributed by atoms with Crippen molar-refractivity contribution in [2.75, 3.05) is 18.6 Å². The van der Waals surface area contributed by atoms with Gasteiger partial charge in [0.15, 0.2) is 0 Å². The lowest BCUT2D eigenvalue weighted by Gasteiger charge is -1.96. The summed E-state index contributed by atoms with van der Waals surface area (Å²) in [6, 6.07) is 0. The standard InChI is InChI=1S/C4H10O3S2/c1-7-9(5,6)4-2-3-8/h8H,2-4H2,1H3. The SMILES string of the molecule is COS(=O)(=O)CCCS. The zero-order valence-corrected chi connectivity index (χ0v) is 6.91. The predicted molar refractivity (Wildman–Crippen MR) is 39.3 cm³/mol. The lowest BCUT2D eigenvalue weighted by molar-refractivity contribution is 0.397. The van der Waals surface area contributed by atoms with Gasteiger partial charge in [-0.15, -0.1) is 0 Å². The molecule has 9 heavy (non-hydrogen) atoms. The number of thiol groups is 1. The molecule has 0 aromatic rings. The second-order valence-corrected chi connectivity index (χ2v) is 3.81. The molecule has 0 aliphatic carbocycles. The average molecular weight is 170 g/mol. The van der Waals surface area contributed by atoms with E-state index in [1.165, 1.54) is 0 Å². The van der Waals surface area contributed by atoms with Crippen LogP contribution in [0.2, 0.25) is 0 Å². The Balaban J connectivity index is 3.61. The summed E-state index contributed by atoms with van der Waals surface area (Å²) >= 11 is 3.85. The average Bonchev–Trinajstić information content (AvgIpc) is 1.84. The minimum atomic E-state index is -3.23. The van der Waals surface area contributed by atoms with Crippen LogP contribution in [-0.4, -0.2) is 27.0 Å². The molecule has 0 saturated heterocycles. The first kappa shape index (κ1) is 9.26. The monoisotopic (exact) mass is 170 g/mol. The third kappa shape index (κ3) is 4.74. The first-order chi connectivity index (χ1) is 4.12. The molecule has 0 bridgehead atoms. The maximum atomic E-state index is 10.5. The highest BCUT2D eigenvalue weighted by Crippen LogP contribution is 1.94. The number of hydrogen-bond acceptors (Lipinski definition) is 4. The molecule has 0 heterocycles. The number of hydrogen-bond donors (Lipinski definition) is 1. The molecule has 0 radical (unpaired) electrons. The van der Waals surface area contributed by atoms with Gasteiger partial charge in [0.1, 0.15) is 0 Å². The van der Waals surface area contributed by atoms with Crippen LogP contribution in [0.5, 0.6) is 0 Å². The quantitative estimate of drug-likeness (QED) is 0.487. The van der Waals surface area contributed by atoms with Crippen molar-refractivity contribution in [2.45, 2.75) is 6.42 Å². The molecule has 0 fully saturated rings. The molecule has 0 atom stereocenters. The Bertz CT molecular complexity index is 149. The Morgan fingerprint density at radius 1 is 1.56 bits per heavy atom. The largest absolute Gasteiger partial charge is 0.273 e. The van der Waals surface area contributed by atoms with E-state index in [4.69, 9.17) is 0 Å². The van der Waals surface area contributed by atoms with Crippen molar-refractivity contribution in [3.8, 4) is 0 Å². The van der Waals surface area contributed by atoms with Crippen molar-refractivity contribution >= 4 is 22.7 Å². The molecule has 0 aliphatic heterocycles. The fourth-order valence-electron chi connectivity index (χ4n) is 0.325. The molecule has 0 unspecified atom stereocenters. The smallest absolute Gasteiger partial charge is 0.267 e. The molecule has 0 aromatic heterocycles. The van der Waals surface area contributed by atoms with Crippen LogP contribution >= 0.6 is 12.6 Å². The highest BCUT2D eigenvalue weighted by molar-refractivity contribution is 7.86. The van der Waals surface area contributed by atoms with E-state index >= 15 is 0 Å². The van der Waals surface area contributed by atoms with E-state index in [1.807, 2.05) is 0 Å². The van der Waals surface area contributed by atoms with Crippen molar-refractivity contribution in [3.05, 3.63) is 0 Å². The zero-order valence-electron chi connectivity index (χ0n) is 5.20. The van der Waals surface area contributed by atoms with E-state index in [-0.39, 0.29) is 5.75 Å². The minimum Gasteiger partial charge on any atom is -0.273 e. The summed E-state index contributed by atoms with van der Waals surface area (Å²) in [7, 11) is -2.07.